The zero-order valence-electron chi connectivity index (χ0n) is 18.1. The van der Waals surface area contributed by atoms with E-state index in [1.165, 1.54) is 27.7 Å². The first kappa shape index (κ1) is 23.0. The summed E-state index contributed by atoms with van der Waals surface area (Å²) in [5.74, 6) is -3.00. The summed E-state index contributed by atoms with van der Waals surface area (Å²) in [5.41, 5.74) is -0.545. The topological polar surface area (TPSA) is 86.7 Å². The van der Waals surface area contributed by atoms with Crippen LogP contribution in [0, 0.1) is 24.7 Å². The smallest absolute Gasteiger partial charge is 0.293 e. The fraction of sp³-hybridized carbons (Fsp3) is 0.333. The van der Waals surface area contributed by atoms with Crippen LogP contribution >= 0.6 is 0 Å². The minimum atomic E-state index is -1.58. The molecule has 0 amide bonds. The Labute approximate surface area is 176 Å². The summed E-state index contributed by atoms with van der Waals surface area (Å²) < 4.78 is 0. The summed E-state index contributed by atoms with van der Waals surface area (Å²) in [4.78, 5) is 59.6. The Morgan fingerprint density at radius 2 is 0.833 bits per heavy atom. The van der Waals surface area contributed by atoms with Crippen LogP contribution in [0.3, 0.4) is 0 Å². The summed E-state index contributed by atoms with van der Waals surface area (Å²) in [6, 6.07) is 13.5. The van der Waals surface area contributed by atoms with Crippen LogP contribution in [0.5, 0.6) is 0 Å². The average Bonchev–Trinajstić information content (AvgIpc) is 2.71. The Kier molecular flexibility index (Phi) is 6.60. The van der Waals surface area contributed by atoms with Crippen molar-refractivity contribution in [1.82, 2.24) is 0 Å². The van der Waals surface area contributed by atoms with Gasteiger partial charge in [0.1, 0.15) is 10.8 Å². The second kappa shape index (κ2) is 8.61. The molecular weight excluding hydrogens is 384 g/mol. The van der Waals surface area contributed by atoms with Gasteiger partial charge >= 0.3 is 11.9 Å². The maximum Gasteiger partial charge on any atom is 0.368 e. The second-order valence-electron chi connectivity index (χ2n) is 8.38. The molecule has 6 heteroatoms. The van der Waals surface area contributed by atoms with Crippen LogP contribution in [-0.4, -0.2) is 23.5 Å². The zero-order valence-corrected chi connectivity index (χ0v) is 18.1. The number of aryl methyl sites for hydroxylation is 2. The summed E-state index contributed by atoms with van der Waals surface area (Å²) >= 11 is 0. The van der Waals surface area contributed by atoms with Gasteiger partial charge in [0.25, 0.3) is 0 Å². The molecule has 2 rings (SSSR count). The van der Waals surface area contributed by atoms with E-state index < -0.39 is 34.3 Å². The molecule has 0 aliphatic heterocycles. The molecular formula is C24H26O6. The number of carbonyl (C=O) groups is 4. The molecule has 30 heavy (non-hydrogen) atoms. The quantitative estimate of drug-likeness (QED) is 0.303. The van der Waals surface area contributed by atoms with E-state index >= 15 is 0 Å². The molecule has 0 atom stereocenters. The summed E-state index contributed by atoms with van der Waals surface area (Å²) in [7, 11) is 0. The number of carbonyl (C=O) groups excluding carboxylic acids is 4. The van der Waals surface area contributed by atoms with E-state index in [0.29, 0.717) is 11.1 Å². The fourth-order valence-electron chi connectivity index (χ4n) is 2.60. The van der Waals surface area contributed by atoms with Gasteiger partial charge < -0.3 is 0 Å². The predicted molar refractivity (Wildman–Crippen MR) is 111 cm³/mol. The van der Waals surface area contributed by atoms with Crippen LogP contribution in [0.25, 0.3) is 0 Å². The number of hydrogen-bond acceptors (Lipinski definition) is 6. The predicted octanol–water partition coefficient (Wildman–Crippen LogP) is 4.42. The number of hydrogen-bond donors (Lipinski definition) is 0. The fourth-order valence-corrected chi connectivity index (χ4v) is 2.60. The van der Waals surface area contributed by atoms with Crippen LogP contribution in [0.4, 0.5) is 0 Å². The van der Waals surface area contributed by atoms with Crippen LogP contribution in [0.2, 0.25) is 0 Å². The molecule has 0 unspecified atom stereocenters. The van der Waals surface area contributed by atoms with Gasteiger partial charge in [-0.05, 0) is 41.5 Å². The molecule has 0 bridgehead atoms. The molecule has 0 aromatic heterocycles. The molecule has 0 aliphatic rings. The van der Waals surface area contributed by atoms with E-state index in [4.69, 9.17) is 0 Å². The van der Waals surface area contributed by atoms with Gasteiger partial charge in [-0.1, -0.05) is 59.7 Å². The summed E-state index contributed by atoms with van der Waals surface area (Å²) in [6.07, 6.45) is 0. The van der Waals surface area contributed by atoms with Gasteiger partial charge in [0.05, 0.1) is 0 Å². The van der Waals surface area contributed by atoms with Gasteiger partial charge in [0, 0.05) is 11.1 Å². The molecule has 0 spiro atoms. The molecule has 2 aromatic rings. The average molecular weight is 410 g/mol. The van der Waals surface area contributed by atoms with Crippen LogP contribution in [0.1, 0.15) is 59.5 Å². The lowest BCUT2D eigenvalue weighted by Gasteiger charge is -2.22. The van der Waals surface area contributed by atoms with Crippen molar-refractivity contribution in [2.75, 3.05) is 0 Å². The van der Waals surface area contributed by atoms with Gasteiger partial charge in [-0.15, -0.1) is 0 Å². The molecule has 0 aliphatic carbocycles. The zero-order chi connectivity index (χ0) is 22.7. The first-order valence-corrected chi connectivity index (χ1v) is 9.53. The Hall–Kier alpha value is -3.28. The third-order valence-corrected chi connectivity index (χ3v) is 4.98. The number of ketones is 2. The van der Waals surface area contributed by atoms with Gasteiger partial charge in [-0.2, -0.15) is 0 Å². The Morgan fingerprint density at radius 1 is 0.567 bits per heavy atom. The van der Waals surface area contributed by atoms with Crippen molar-refractivity contribution in [1.29, 1.82) is 0 Å². The van der Waals surface area contributed by atoms with Crippen LogP contribution < -0.4 is 0 Å². The van der Waals surface area contributed by atoms with E-state index in [9.17, 15) is 19.2 Å². The first-order chi connectivity index (χ1) is 13.9. The highest BCUT2D eigenvalue weighted by molar-refractivity contribution is 6.13. The summed E-state index contributed by atoms with van der Waals surface area (Å²) in [5, 5.41) is 0. The van der Waals surface area contributed by atoms with Crippen molar-refractivity contribution in [3.63, 3.8) is 0 Å². The maximum atomic E-state index is 12.7. The first-order valence-electron chi connectivity index (χ1n) is 9.53. The van der Waals surface area contributed by atoms with Gasteiger partial charge in [-0.3, -0.25) is 9.59 Å². The largest absolute Gasteiger partial charge is 0.368 e. The highest BCUT2D eigenvalue weighted by atomic mass is 17.2. The number of benzene rings is 2. The molecule has 0 saturated carbocycles. The van der Waals surface area contributed by atoms with E-state index in [1.54, 1.807) is 48.5 Å². The molecule has 2 aromatic carbocycles. The maximum absolute atomic E-state index is 12.7. The van der Waals surface area contributed by atoms with E-state index in [0.717, 1.165) is 11.1 Å². The monoisotopic (exact) mass is 410 g/mol. The SMILES string of the molecule is Cc1ccc(C(=O)C(C)(C)C(=O)OOC(=O)C(C)(C)C(=O)c2ccc(C)cc2)cc1. The van der Waals surface area contributed by atoms with Crippen molar-refractivity contribution < 1.29 is 29.0 Å². The van der Waals surface area contributed by atoms with E-state index in [-0.39, 0.29) is 0 Å². The summed E-state index contributed by atoms with van der Waals surface area (Å²) in [6.45, 7) is 9.29. The lowest BCUT2D eigenvalue weighted by molar-refractivity contribution is -0.268. The Bertz CT molecular complexity index is 884. The van der Waals surface area contributed by atoms with Crippen LogP contribution in [0.15, 0.2) is 48.5 Å². The molecule has 0 heterocycles. The lowest BCUT2D eigenvalue weighted by Crippen LogP contribution is -2.39. The van der Waals surface area contributed by atoms with Crippen LogP contribution in [-0.2, 0) is 19.4 Å². The Morgan fingerprint density at radius 3 is 1.10 bits per heavy atom. The molecule has 0 fully saturated rings. The van der Waals surface area contributed by atoms with E-state index in [2.05, 4.69) is 9.78 Å². The molecule has 0 radical (unpaired) electrons. The highest BCUT2D eigenvalue weighted by Crippen LogP contribution is 2.27. The van der Waals surface area contributed by atoms with Crippen molar-refractivity contribution >= 4 is 23.5 Å². The van der Waals surface area contributed by atoms with Crippen molar-refractivity contribution in [3.8, 4) is 0 Å². The minimum absolute atomic E-state index is 0.337. The van der Waals surface area contributed by atoms with Crippen molar-refractivity contribution in [2.45, 2.75) is 41.5 Å². The van der Waals surface area contributed by atoms with Crippen molar-refractivity contribution in [3.05, 3.63) is 70.8 Å². The normalized spacial score (nSPS) is 11.5. The third kappa shape index (κ3) is 4.82. The molecule has 0 N–H and O–H groups in total. The van der Waals surface area contributed by atoms with E-state index in [1.807, 2.05) is 13.8 Å². The lowest BCUT2D eigenvalue weighted by atomic mass is 9.84. The van der Waals surface area contributed by atoms with Gasteiger partial charge in [0.2, 0.25) is 0 Å². The number of Topliss-reactive ketones (excluding diaryl/α,β-unsaturated/α-hetero) is 2. The minimum Gasteiger partial charge on any atom is -0.293 e. The standard InChI is InChI=1S/C24H26O6/c1-15-7-11-17(12-8-15)19(25)23(3,4)21(27)29-30-22(28)24(5,6)20(26)18-13-9-16(2)10-14-18/h7-14H,1-6H3. The Balaban J connectivity index is 2.07. The molecule has 158 valence electrons. The highest BCUT2D eigenvalue weighted by Gasteiger charge is 2.43. The van der Waals surface area contributed by atoms with Gasteiger partial charge in [0.15, 0.2) is 11.6 Å². The molecule has 0 saturated heterocycles. The second-order valence-corrected chi connectivity index (χ2v) is 8.38. The van der Waals surface area contributed by atoms with Gasteiger partial charge in [-0.25, -0.2) is 19.4 Å². The third-order valence-electron chi connectivity index (χ3n) is 4.98. The number of rotatable bonds is 6. The molecule has 6 nitrogen and oxygen atoms in total. The van der Waals surface area contributed by atoms with Crippen molar-refractivity contribution in [2.24, 2.45) is 10.8 Å².